The molecule has 1 atom stereocenters. The largest absolute Gasteiger partial charge is 0.462 e. The number of carbonyl (C=O) groups excluding carboxylic acids is 3. The Hall–Kier alpha value is -2.11. The Bertz CT molecular complexity index is 1020. The third kappa shape index (κ3) is 50.7. The molecule has 0 saturated heterocycles. The van der Waals surface area contributed by atoms with Gasteiger partial charge in [0.05, 0.1) is 0 Å². The number of esters is 3. The molecule has 0 heterocycles. The van der Waals surface area contributed by atoms with Crippen LogP contribution in [-0.2, 0) is 28.6 Å². The molecule has 6 heteroatoms. The van der Waals surface area contributed by atoms with E-state index in [0.717, 1.165) is 64.2 Å². The number of carbonyl (C=O) groups is 3. The van der Waals surface area contributed by atoms with Gasteiger partial charge < -0.3 is 14.2 Å². The van der Waals surface area contributed by atoms with Gasteiger partial charge in [0, 0.05) is 19.3 Å². The minimum Gasteiger partial charge on any atom is -0.462 e. The molecule has 0 aliphatic carbocycles. The normalized spacial score (nSPS) is 12.1. The van der Waals surface area contributed by atoms with E-state index in [1.54, 1.807) is 0 Å². The Labute approximate surface area is 392 Å². The zero-order valence-electron chi connectivity index (χ0n) is 42.4. The summed E-state index contributed by atoms with van der Waals surface area (Å²) in [5, 5.41) is 0. The van der Waals surface area contributed by atoms with Gasteiger partial charge in [0.25, 0.3) is 0 Å². The molecule has 0 aromatic rings. The molecule has 0 bridgehead atoms. The molecule has 0 aromatic heterocycles. The van der Waals surface area contributed by atoms with Crippen molar-refractivity contribution in [2.45, 2.75) is 309 Å². The van der Waals surface area contributed by atoms with Gasteiger partial charge in [0.1, 0.15) is 13.2 Å². The van der Waals surface area contributed by atoms with Gasteiger partial charge in [-0.1, -0.05) is 244 Å². The minimum absolute atomic E-state index is 0.0719. The van der Waals surface area contributed by atoms with Crippen molar-refractivity contribution in [3.05, 3.63) is 24.3 Å². The first kappa shape index (κ1) is 60.9. The summed E-state index contributed by atoms with van der Waals surface area (Å²) in [7, 11) is 0. The standard InChI is InChI=1S/C57H106O6/c1-4-7-10-13-16-19-22-24-26-27-28-29-31-33-36-38-41-44-47-50-56(59)62-53-54(63-57(60)51-48-45-42-39-34-21-18-15-12-9-6-3)52-61-55(58)49-46-43-40-37-35-32-30-25-23-20-17-14-11-8-5-2/h15,18,20,23,54H,4-14,16-17,19,21-22,24-53H2,1-3H3/b18-15-,23-20-/t54-/m1/s1. The van der Waals surface area contributed by atoms with E-state index in [4.69, 9.17) is 14.2 Å². The fraction of sp³-hybridized carbons (Fsp3) is 0.877. The molecule has 0 aliphatic heterocycles. The Kier molecular flexibility index (Phi) is 50.8. The molecule has 0 fully saturated rings. The summed E-state index contributed by atoms with van der Waals surface area (Å²) in [5.74, 6) is -0.870. The topological polar surface area (TPSA) is 78.9 Å². The predicted octanol–water partition coefficient (Wildman–Crippen LogP) is 18.3. The van der Waals surface area contributed by atoms with Crippen molar-refractivity contribution in [2.75, 3.05) is 13.2 Å². The predicted molar refractivity (Wildman–Crippen MR) is 270 cm³/mol. The zero-order valence-corrected chi connectivity index (χ0v) is 42.4. The van der Waals surface area contributed by atoms with Crippen LogP contribution in [-0.4, -0.2) is 37.2 Å². The molecule has 0 N–H and O–H groups in total. The van der Waals surface area contributed by atoms with Crippen molar-refractivity contribution >= 4 is 17.9 Å². The summed E-state index contributed by atoms with van der Waals surface area (Å²) in [6.45, 7) is 6.62. The van der Waals surface area contributed by atoms with Crippen LogP contribution >= 0.6 is 0 Å². The number of hydrogen-bond acceptors (Lipinski definition) is 6. The minimum atomic E-state index is -0.772. The van der Waals surface area contributed by atoms with E-state index in [2.05, 4.69) is 45.1 Å². The van der Waals surface area contributed by atoms with Crippen LogP contribution < -0.4 is 0 Å². The summed E-state index contributed by atoms with van der Waals surface area (Å²) in [4.78, 5) is 38.0. The highest BCUT2D eigenvalue weighted by Crippen LogP contribution is 2.16. The van der Waals surface area contributed by atoms with Crippen LogP contribution in [0.2, 0.25) is 0 Å². The van der Waals surface area contributed by atoms with Crippen molar-refractivity contribution in [1.29, 1.82) is 0 Å². The van der Waals surface area contributed by atoms with Crippen LogP contribution in [0.4, 0.5) is 0 Å². The Morgan fingerprint density at radius 2 is 0.540 bits per heavy atom. The van der Waals surface area contributed by atoms with Crippen LogP contribution in [0.5, 0.6) is 0 Å². The van der Waals surface area contributed by atoms with Gasteiger partial charge in [-0.15, -0.1) is 0 Å². The lowest BCUT2D eigenvalue weighted by molar-refractivity contribution is -0.167. The first-order valence-electron chi connectivity index (χ1n) is 27.8. The van der Waals surface area contributed by atoms with E-state index in [0.29, 0.717) is 19.3 Å². The molecular formula is C57H106O6. The average Bonchev–Trinajstić information content (AvgIpc) is 3.28. The van der Waals surface area contributed by atoms with Gasteiger partial charge in [-0.2, -0.15) is 0 Å². The monoisotopic (exact) mass is 887 g/mol. The van der Waals surface area contributed by atoms with E-state index >= 15 is 0 Å². The maximum atomic E-state index is 12.8. The SMILES string of the molecule is CCCC/C=C\CCCCCCCC(=O)O[C@H](COC(=O)CCCCCCCCC/C=C\CCCCCC)COC(=O)CCCCCCCCCCCCCCCCCCCCC. The highest BCUT2D eigenvalue weighted by molar-refractivity contribution is 5.71. The Morgan fingerprint density at radius 1 is 0.302 bits per heavy atom. The fourth-order valence-electron chi connectivity index (χ4n) is 8.18. The quantitative estimate of drug-likeness (QED) is 0.0262. The molecule has 63 heavy (non-hydrogen) atoms. The van der Waals surface area contributed by atoms with Crippen molar-refractivity contribution in [3.8, 4) is 0 Å². The van der Waals surface area contributed by atoms with Gasteiger partial charge in [0.15, 0.2) is 6.10 Å². The third-order valence-corrected chi connectivity index (χ3v) is 12.4. The second kappa shape index (κ2) is 52.5. The second-order valence-corrected chi connectivity index (χ2v) is 18.8. The molecule has 0 radical (unpaired) electrons. The Morgan fingerprint density at radius 3 is 0.857 bits per heavy atom. The first-order chi connectivity index (χ1) is 31.0. The molecule has 0 saturated carbocycles. The van der Waals surface area contributed by atoms with E-state index < -0.39 is 6.10 Å². The van der Waals surface area contributed by atoms with Gasteiger partial charge >= 0.3 is 17.9 Å². The van der Waals surface area contributed by atoms with Crippen LogP contribution in [0.1, 0.15) is 303 Å². The fourth-order valence-corrected chi connectivity index (χ4v) is 8.18. The summed E-state index contributed by atoms with van der Waals surface area (Å²) in [6.07, 6.45) is 60.3. The van der Waals surface area contributed by atoms with Crippen molar-refractivity contribution in [1.82, 2.24) is 0 Å². The van der Waals surface area contributed by atoms with Crippen molar-refractivity contribution in [3.63, 3.8) is 0 Å². The summed E-state index contributed by atoms with van der Waals surface area (Å²) in [6, 6.07) is 0. The number of allylic oxidation sites excluding steroid dienone is 4. The van der Waals surface area contributed by atoms with Gasteiger partial charge in [0.2, 0.25) is 0 Å². The Balaban J connectivity index is 4.27. The van der Waals surface area contributed by atoms with Gasteiger partial charge in [-0.25, -0.2) is 0 Å². The van der Waals surface area contributed by atoms with E-state index in [-0.39, 0.29) is 31.1 Å². The number of rotatable bonds is 51. The van der Waals surface area contributed by atoms with Crippen LogP contribution in [0.25, 0.3) is 0 Å². The maximum Gasteiger partial charge on any atom is 0.306 e. The lowest BCUT2D eigenvalue weighted by Gasteiger charge is -2.18. The molecule has 370 valence electrons. The molecule has 0 unspecified atom stereocenters. The molecule has 0 spiro atoms. The second-order valence-electron chi connectivity index (χ2n) is 18.8. The summed E-state index contributed by atoms with van der Waals surface area (Å²) in [5.41, 5.74) is 0. The van der Waals surface area contributed by atoms with Crippen LogP contribution in [0.3, 0.4) is 0 Å². The van der Waals surface area contributed by atoms with Crippen LogP contribution in [0.15, 0.2) is 24.3 Å². The first-order valence-corrected chi connectivity index (χ1v) is 27.8. The van der Waals surface area contributed by atoms with E-state index in [9.17, 15) is 14.4 Å². The van der Waals surface area contributed by atoms with Crippen LogP contribution in [0, 0.1) is 0 Å². The zero-order chi connectivity index (χ0) is 45.8. The van der Waals surface area contributed by atoms with Crippen molar-refractivity contribution in [2.24, 2.45) is 0 Å². The maximum absolute atomic E-state index is 12.8. The van der Waals surface area contributed by atoms with Gasteiger partial charge in [-0.05, 0) is 64.2 Å². The van der Waals surface area contributed by atoms with E-state index in [1.807, 2.05) is 0 Å². The van der Waals surface area contributed by atoms with Gasteiger partial charge in [-0.3, -0.25) is 14.4 Å². The number of hydrogen-bond donors (Lipinski definition) is 0. The lowest BCUT2D eigenvalue weighted by atomic mass is 10.0. The number of unbranched alkanes of at least 4 members (excludes halogenated alkanes) is 36. The molecule has 0 rings (SSSR count). The molecule has 0 aliphatic rings. The smallest absolute Gasteiger partial charge is 0.306 e. The van der Waals surface area contributed by atoms with Crippen molar-refractivity contribution < 1.29 is 28.6 Å². The highest BCUT2D eigenvalue weighted by atomic mass is 16.6. The average molecular weight is 887 g/mol. The summed E-state index contributed by atoms with van der Waals surface area (Å²) >= 11 is 0. The molecule has 6 nitrogen and oxygen atoms in total. The highest BCUT2D eigenvalue weighted by Gasteiger charge is 2.19. The summed E-state index contributed by atoms with van der Waals surface area (Å²) < 4.78 is 16.8. The van der Waals surface area contributed by atoms with E-state index in [1.165, 1.54) is 199 Å². The molecule has 0 aromatic carbocycles. The molecule has 0 amide bonds. The number of ether oxygens (including phenoxy) is 3. The molecular weight excluding hydrogens is 781 g/mol. The lowest BCUT2D eigenvalue weighted by Crippen LogP contribution is -2.30. The third-order valence-electron chi connectivity index (χ3n) is 12.4.